The molecule has 1 aliphatic rings. The number of anilines is 1. The summed E-state index contributed by atoms with van der Waals surface area (Å²) < 4.78 is 26.9. The summed E-state index contributed by atoms with van der Waals surface area (Å²) in [6, 6.07) is 17.4. The molecule has 33 heavy (non-hydrogen) atoms. The molecule has 4 rings (SSSR count). The van der Waals surface area contributed by atoms with Crippen molar-refractivity contribution >= 4 is 77.8 Å². The van der Waals surface area contributed by atoms with Gasteiger partial charge in [-0.2, -0.15) is 0 Å². The zero-order valence-corrected chi connectivity index (χ0v) is 22.0. The Morgan fingerprint density at radius 1 is 1.09 bits per heavy atom. The number of amides is 1. The first-order valence-corrected chi connectivity index (χ1v) is 12.5. The number of thiocarbonyl (C=S) groups is 1. The molecule has 168 valence electrons. The lowest BCUT2D eigenvalue weighted by atomic mass is 10.2. The molecule has 9 heteroatoms. The molecule has 3 aromatic carbocycles. The van der Waals surface area contributed by atoms with Crippen LogP contribution in [0.3, 0.4) is 0 Å². The van der Waals surface area contributed by atoms with E-state index in [9.17, 15) is 9.18 Å². The second-order valence-electron chi connectivity index (χ2n) is 6.88. The average molecular weight is 609 g/mol. The monoisotopic (exact) mass is 607 g/mol. The van der Waals surface area contributed by atoms with Crippen LogP contribution in [0.5, 0.6) is 11.5 Å². The summed E-state index contributed by atoms with van der Waals surface area (Å²) in [5, 5.41) is 0. The van der Waals surface area contributed by atoms with Gasteiger partial charge in [-0.3, -0.25) is 9.69 Å². The van der Waals surface area contributed by atoms with E-state index >= 15 is 0 Å². The Bertz CT molecular complexity index is 1260. The van der Waals surface area contributed by atoms with Gasteiger partial charge in [-0.25, -0.2) is 4.39 Å². The number of carbonyl (C=O) groups excluding carboxylic acids is 1. The maximum Gasteiger partial charge on any atom is 0.270 e. The molecule has 1 fully saturated rings. The van der Waals surface area contributed by atoms with Crippen molar-refractivity contribution in [2.75, 3.05) is 12.0 Å². The van der Waals surface area contributed by atoms with Crippen LogP contribution in [0.1, 0.15) is 11.1 Å². The van der Waals surface area contributed by atoms with Gasteiger partial charge in [-0.1, -0.05) is 54.3 Å². The number of halogens is 3. The molecule has 1 amide bonds. The second-order valence-corrected chi connectivity index (χ2v) is 10.3. The highest BCUT2D eigenvalue weighted by molar-refractivity contribution is 9.11. The number of thioether (sulfide) groups is 1. The van der Waals surface area contributed by atoms with Crippen LogP contribution in [0.4, 0.5) is 10.1 Å². The highest BCUT2D eigenvalue weighted by Gasteiger charge is 2.34. The fraction of sp³-hybridized carbons (Fsp3) is 0.0833. The third-order valence-corrected chi connectivity index (χ3v) is 7.25. The number of methoxy groups -OCH3 is 1. The zero-order valence-electron chi connectivity index (χ0n) is 17.2. The van der Waals surface area contributed by atoms with Crippen LogP contribution in [0.15, 0.2) is 74.5 Å². The summed E-state index contributed by atoms with van der Waals surface area (Å²) in [5.74, 6) is 0.564. The Balaban J connectivity index is 1.57. The predicted octanol–water partition coefficient (Wildman–Crippen LogP) is 7.34. The van der Waals surface area contributed by atoms with Gasteiger partial charge in [0.25, 0.3) is 5.91 Å². The van der Waals surface area contributed by atoms with E-state index in [1.807, 2.05) is 24.3 Å². The van der Waals surface area contributed by atoms with Gasteiger partial charge in [-0.05, 0) is 73.8 Å². The van der Waals surface area contributed by atoms with Gasteiger partial charge in [0, 0.05) is 5.56 Å². The van der Waals surface area contributed by atoms with Crippen molar-refractivity contribution in [1.82, 2.24) is 0 Å². The van der Waals surface area contributed by atoms with Gasteiger partial charge < -0.3 is 9.47 Å². The van der Waals surface area contributed by atoms with Crippen molar-refractivity contribution in [3.8, 4) is 11.5 Å². The van der Waals surface area contributed by atoms with Gasteiger partial charge in [0.05, 0.1) is 26.6 Å². The number of nitrogens with zero attached hydrogens (tertiary/aromatic N) is 1. The molecule has 1 saturated heterocycles. The minimum Gasteiger partial charge on any atom is -0.495 e. The van der Waals surface area contributed by atoms with E-state index < -0.39 is 0 Å². The topological polar surface area (TPSA) is 38.8 Å². The number of hydrogen-bond donors (Lipinski definition) is 0. The van der Waals surface area contributed by atoms with Crippen LogP contribution in [-0.4, -0.2) is 17.3 Å². The maximum atomic E-state index is 13.9. The molecule has 1 heterocycles. The minimum atomic E-state index is -0.321. The summed E-state index contributed by atoms with van der Waals surface area (Å²) in [6.07, 6.45) is 1.77. The second kappa shape index (κ2) is 10.4. The molecule has 0 N–H and O–H groups in total. The van der Waals surface area contributed by atoms with E-state index in [-0.39, 0.29) is 18.3 Å². The van der Waals surface area contributed by atoms with Gasteiger partial charge >= 0.3 is 0 Å². The van der Waals surface area contributed by atoms with Gasteiger partial charge in [0.15, 0.2) is 4.32 Å². The molecule has 0 radical (unpaired) electrons. The molecule has 3 aromatic rings. The summed E-state index contributed by atoms with van der Waals surface area (Å²) in [4.78, 5) is 15.1. The van der Waals surface area contributed by atoms with Crippen LogP contribution >= 0.6 is 55.8 Å². The van der Waals surface area contributed by atoms with Gasteiger partial charge in [0.2, 0.25) is 0 Å². The Morgan fingerprint density at radius 2 is 1.76 bits per heavy atom. The van der Waals surface area contributed by atoms with Crippen molar-refractivity contribution in [3.63, 3.8) is 0 Å². The normalized spacial score (nSPS) is 14.8. The van der Waals surface area contributed by atoms with Crippen molar-refractivity contribution in [2.24, 2.45) is 0 Å². The minimum absolute atomic E-state index is 0.0841. The third-order valence-electron chi connectivity index (χ3n) is 4.77. The molecule has 0 spiro atoms. The molecule has 4 nitrogen and oxygen atoms in total. The van der Waals surface area contributed by atoms with Crippen molar-refractivity contribution in [1.29, 1.82) is 0 Å². The van der Waals surface area contributed by atoms with E-state index in [4.69, 9.17) is 21.7 Å². The van der Waals surface area contributed by atoms with Gasteiger partial charge in [-0.15, -0.1) is 0 Å². The summed E-state index contributed by atoms with van der Waals surface area (Å²) in [7, 11) is 1.55. The fourth-order valence-electron chi connectivity index (χ4n) is 3.21. The van der Waals surface area contributed by atoms with Crippen molar-refractivity contribution in [2.45, 2.75) is 6.61 Å². The summed E-state index contributed by atoms with van der Waals surface area (Å²) in [5.41, 5.74) is 1.83. The molecule has 0 aliphatic carbocycles. The Morgan fingerprint density at radius 3 is 2.45 bits per heavy atom. The van der Waals surface area contributed by atoms with E-state index in [0.29, 0.717) is 40.9 Å². The van der Waals surface area contributed by atoms with E-state index in [1.165, 1.54) is 22.7 Å². The molecule has 1 aliphatic heterocycles. The first-order valence-electron chi connectivity index (χ1n) is 9.65. The lowest BCUT2D eigenvalue weighted by Gasteiger charge is -2.17. The number of para-hydroxylation sites is 2. The van der Waals surface area contributed by atoms with Crippen LogP contribution in [0.25, 0.3) is 6.08 Å². The summed E-state index contributed by atoms with van der Waals surface area (Å²) >= 11 is 13.7. The number of hydrogen-bond acceptors (Lipinski definition) is 5. The molecule has 0 unspecified atom stereocenters. The fourth-order valence-corrected chi connectivity index (χ4v) is 5.94. The Labute approximate surface area is 217 Å². The number of carbonyl (C=O) groups is 1. The molecular formula is C24H16Br2FNO3S2. The van der Waals surface area contributed by atoms with Crippen LogP contribution in [0.2, 0.25) is 0 Å². The molecular weight excluding hydrogens is 593 g/mol. The average Bonchev–Trinajstić information content (AvgIpc) is 3.06. The number of ether oxygens (including phenoxy) is 2. The number of rotatable bonds is 6. The van der Waals surface area contributed by atoms with Crippen LogP contribution in [0, 0.1) is 5.82 Å². The Hall–Kier alpha value is -2.20. The smallest absolute Gasteiger partial charge is 0.270 e. The molecule has 0 aromatic heterocycles. The lowest BCUT2D eigenvalue weighted by Crippen LogP contribution is -2.27. The maximum absolute atomic E-state index is 13.9. The van der Waals surface area contributed by atoms with E-state index in [0.717, 1.165) is 5.56 Å². The first-order chi connectivity index (χ1) is 15.9. The van der Waals surface area contributed by atoms with Crippen LogP contribution in [-0.2, 0) is 11.4 Å². The SMILES string of the molecule is COc1ccccc1N1C(=O)C(=Cc2cc(Br)c(OCc3ccccc3F)c(Br)c2)SC1=S. The zero-order chi connectivity index (χ0) is 23.5. The lowest BCUT2D eigenvalue weighted by molar-refractivity contribution is -0.113. The van der Waals surface area contributed by atoms with Gasteiger partial charge in [0.1, 0.15) is 23.9 Å². The van der Waals surface area contributed by atoms with Crippen molar-refractivity contribution in [3.05, 3.63) is 91.5 Å². The molecule has 0 bridgehead atoms. The van der Waals surface area contributed by atoms with E-state index in [1.54, 1.807) is 43.5 Å². The van der Waals surface area contributed by atoms with E-state index in [2.05, 4.69) is 31.9 Å². The molecule has 0 atom stereocenters. The van der Waals surface area contributed by atoms with Crippen LogP contribution < -0.4 is 14.4 Å². The summed E-state index contributed by atoms with van der Waals surface area (Å²) in [6.45, 7) is 0.0841. The highest BCUT2D eigenvalue weighted by Crippen LogP contribution is 2.41. The Kier molecular flexibility index (Phi) is 7.53. The van der Waals surface area contributed by atoms with Crippen molar-refractivity contribution < 1.29 is 18.7 Å². The first kappa shape index (κ1) is 23.9. The quantitative estimate of drug-likeness (QED) is 0.216. The highest BCUT2D eigenvalue weighted by atomic mass is 79.9. The third kappa shape index (κ3) is 5.16. The standard InChI is InChI=1S/C24H16Br2FNO3S2/c1-30-20-9-5-4-8-19(20)28-23(29)21(33-24(28)32)12-14-10-16(25)22(17(26)11-14)31-13-15-6-2-3-7-18(15)27/h2-12H,13H2,1H3. The largest absolute Gasteiger partial charge is 0.495 e. The number of benzene rings is 3. The predicted molar refractivity (Wildman–Crippen MR) is 141 cm³/mol. The molecule has 0 saturated carbocycles.